The molecular weight excluding hydrogens is 200 g/mol. The second-order valence-electron chi connectivity index (χ2n) is 6.71. The van der Waals surface area contributed by atoms with Gasteiger partial charge in [0.15, 0.2) is 0 Å². The molecule has 0 aromatic carbocycles. The van der Waals surface area contributed by atoms with Crippen molar-refractivity contribution >= 4 is 5.91 Å². The summed E-state index contributed by atoms with van der Waals surface area (Å²) in [6, 6.07) is 0.110. The van der Waals surface area contributed by atoms with E-state index >= 15 is 0 Å². The van der Waals surface area contributed by atoms with Gasteiger partial charge in [0.05, 0.1) is 5.92 Å². The lowest BCUT2D eigenvalue weighted by atomic mass is 9.84. The summed E-state index contributed by atoms with van der Waals surface area (Å²) in [4.78, 5) is 12.1. The molecule has 0 radical (unpaired) electrons. The molecule has 0 aromatic rings. The lowest BCUT2D eigenvalue weighted by Gasteiger charge is -2.28. The van der Waals surface area contributed by atoms with E-state index < -0.39 is 0 Å². The molecule has 1 amide bonds. The van der Waals surface area contributed by atoms with Gasteiger partial charge in [0.1, 0.15) is 0 Å². The lowest BCUT2D eigenvalue weighted by molar-refractivity contribution is -0.127. The quantitative estimate of drug-likeness (QED) is 0.747. The smallest absolute Gasteiger partial charge is 0.224 e. The Morgan fingerprint density at radius 3 is 2.44 bits per heavy atom. The summed E-state index contributed by atoms with van der Waals surface area (Å²) in [5.74, 6) is 1.44. The van der Waals surface area contributed by atoms with Crippen LogP contribution in [0.3, 0.4) is 0 Å². The first-order valence-electron chi connectivity index (χ1n) is 6.42. The predicted molar refractivity (Wildman–Crippen MR) is 64.8 cm³/mol. The van der Waals surface area contributed by atoms with Crippen molar-refractivity contribution in [2.45, 2.75) is 46.1 Å². The average Bonchev–Trinajstić information content (AvgIpc) is 2.73. The Labute approximate surface area is 98.2 Å². The Bertz CT molecular complexity index is 280. The van der Waals surface area contributed by atoms with Crippen molar-refractivity contribution in [1.82, 2.24) is 5.32 Å². The highest BCUT2D eigenvalue weighted by molar-refractivity contribution is 5.80. The maximum absolute atomic E-state index is 12.1. The van der Waals surface area contributed by atoms with Crippen LogP contribution in [-0.4, -0.2) is 18.5 Å². The van der Waals surface area contributed by atoms with Gasteiger partial charge in [0.2, 0.25) is 5.91 Å². The zero-order valence-corrected chi connectivity index (χ0v) is 10.6. The van der Waals surface area contributed by atoms with Gasteiger partial charge in [0, 0.05) is 12.6 Å². The topological polar surface area (TPSA) is 55.1 Å². The van der Waals surface area contributed by atoms with E-state index in [9.17, 15) is 4.79 Å². The molecule has 0 unspecified atom stereocenters. The van der Waals surface area contributed by atoms with E-state index in [0.29, 0.717) is 11.8 Å². The molecule has 0 heterocycles. The molecule has 16 heavy (non-hydrogen) atoms. The summed E-state index contributed by atoms with van der Waals surface area (Å²) in [6.45, 7) is 7.14. The van der Waals surface area contributed by atoms with Crippen LogP contribution in [-0.2, 0) is 4.79 Å². The van der Waals surface area contributed by atoms with Crippen molar-refractivity contribution in [1.29, 1.82) is 0 Å². The van der Waals surface area contributed by atoms with E-state index in [1.165, 1.54) is 19.3 Å². The molecule has 3 N–H and O–H groups in total. The highest BCUT2D eigenvalue weighted by Crippen LogP contribution is 2.47. The SMILES string of the molecule is CC(C)(C)CNC(=O)[C@H]1[C@H]2CC[C@H](C2)[C@H]1N. The summed E-state index contributed by atoms with van der Waals surface area (Å²) in [6.07, 6.45) is 3.61. The highest BCUT2D eigenvalue weighted by Gasteiger charge is 2.48. The van der Waals surface area contributed by atoms with Crippen LogP contribution in [0.5, 0.6) is 0 Å². The van der Waals surface area contributed by atoms with Crippen LogP contribution in [0.15, 0.2) is 0 Å². The Morgan fingerprint density at radius 2 is 1.94 bits per heavy atom. The summed E-state index contributed by atoms with van der Waals surface area (Å²) in [5.41, 5.74) is 6.29. The molecular formula is C13H24N2O. The van der Waals surface area contributed by atoms with Gasteiger partial charge in [-0.15, -0.1) is 0 Å². The second-order valence-corrected chi connectivity index (χ2v) is 6.71. The second kappa shape index (κ2) is 4.02. The number of hydrogen-bond acceptors (Lipinski definition) is 2. The van der Waals surface area contributed by atoms with Crippen LogP contribution in [0.2, 0.25) is 0 Å². The van der Waals surface area contributed by atoms with Crippen molar-refractivity contribution in [2.75, 3.05) is 6.54 Å². The molecule has 0 aromatic heterocycles. The summed E-state index contributed by atoms with van der Waals surface area (Å²) in [5, 5.41) is 3.06. The first-order valence-corrected chi connectivity index (χ1v) is 6.42. The highest BCUT2D eigenvalue weighted by atomic mass is 16.1. The molecule has 2 saturated carbocycles. The van der Waals surface area contributed by atoms with Gasteiger partial charge >= 0.3 is 0 Å². The number of rotatable bonds is 2. The number of hydrogen-bond donors (Lipinski definition) is 2. The Balaban J connectivity index is 1.91. The third-order valence-corrected chi connectivity index (χ3v) is 4.08. The van der Waals surface area contributed by atoms with E-state index in [4.69, 9.17) is 5.73 Å². The third-order valence-electron chi connectivity index (χ3n) is 4.08. The molecule has 0 aliphatic heterocycles. The fourth-order valence-corrected chi connectivity index (χ4v) is 3.19. The Hall–Kier alpha value is -0.570. The van der Waals surface area contributed by atoms with Crippen molar-refractivity contribution < 1.29 is 4.79 Å². The summed E-state index contributed by atoms with van der Waals surface area (Å²) in [7, 11) is 0. The van der Waals surface area contributed by atoms with Crippen LogP contribution in [0.1, 0.15) is 40.0 Å². The Kier molecular flexibility index (Phi) is 2.99. The summed E-state index contributed by atoms with van der Waals surface area (Å²) < 4.78 is 0. The fraction of sp³-hybridized carbons (Fsp3) is 0.923. The van der Waals surface area contributed by atoms with Crippen molar-refractivity contribution in [2.24, 2.45) is 28.9 Å². The third kappa shape index (κ3) is 2.24. The van der Waals surface area contributed by atoms with Gasteiger partial charge < -0.3 is 11.1 Å². The monoisotopic (exact) mass is 224 g/mol. The maximum Gasteiger partial charge on any atom is 0.224 e. The minimum Gasteiger partial charge on any atom is -0.355 e. The lowest BCUT2D eigenvalue weighted by Crippen LogP contribution is -2.46. The molecule has 2 bridgehead atoms. The minimum absolute atomic E-state index is 0.0844. The molecule has 92 valence electrons. The van der Waals surface area contributed by atoms with E-state index in [1.807, 2.05) is 0 Å². The van der Waals surface area contributed by atoms with Gasteiger partial charge in [-0.25, -0.2) is 0 Å². The van der Waals surface area contributed by atoms with Gasteiger partial charge in [-0.2, -0.15) is 0 Å². The van der Waals surface area contributed by atoms with E-state index in [1.54, 1.807) is 0 Å². The molecule has 3 heteroatoms. The predicted octanol–water partition coefficient (Wildman–Crippen LogP) is 1.52. The first kappa shape index (κ1) is 11.9. The van der Waals surface area contributed by atoms with Crippen LogP contribution >= 0.6 is 0 Å². The van der Waals surface area contributed by atoms with Crippen LogP contribution < -0.4 is 11.1 Å². The zero-order chi connectivity index (χ0) is 11.9. The van der Waals surface area contributed by atoms with Crippen molar-refractivity contribution in [3.63, 3.8) is 0 Å². The normalized spacial score (nSPS) is 37.8. The van der Waals surface area contributed by atoms with Crippen LogP contribution in [0.25, 0.3) is 0 Å². The molecule has 4 atom stereocenters. The van der Waals surface area contributed by atoms with Gasteiger partial charge in [0.25, 0.3) is 0 Å². The number of carbonyl (C=O) groups excluding carboxylic acids is 1. The van der Waals surface area contributed by atoms with Gasteiger partial charge in [-0.1, -0.05) is 20.8 Å². The average molecular weight is 224 g/mol. The fourth-order valence-electron chi connectivity index (χ4n) is 3.19. The van der Waals surface area contributed by atoms with E-state index in [2.05, 4.69) is 26.1 Å². The molecule has 2 aliphatic rings. The first-order chi connectivity index (χ1) is 7.38. The molecule has 0 spiro atoms. The van der Waals surface area contributed by atoms with E-state index in [-0.39, 0.29) is 23.3 Å². The summed E-state index contributed by atoms with van der Waals surface area (Å²) >= 11 is 0. The van der Waals surface area contributed by atoms with Crippen molar-refractivity contribution in [3.8, 4) is 0 Å². The number of amides is 1. The Morgan fingerprint density at radius 1 is 1.31 bits per heavy atom. The van der Waals surface area contributed by atoms with Gasteiger partial charge in [-0.3, -0.25) is 4.79 Å². The largest absolute Gasteiger partial charge is 0.355 e. The number of nitrogens with one attached hydrogen (secondary N) is 1. The van der Waals surface area contributed by atoms with E-state index in [0.717, 1.165) is 6.54 Å². The number of fused-ring (bicyclic) bond motifs is 2. The van der Waals surface area contributed by atoms with Crippen LogP contribution in [0.4, 0.5) is 0 Å². The molecule has 2 aliphatic carbocycles. The number of carbonyl (C=O) groups is 1. The molecule has 2 rings (SSSR count). The molecule has 2 fully saturated rings. The standard InChI is InChI=1S/C13H24N2O/c1-13(2,3)7-15-12(16)10-8-4-5-9(6-8)11(10)14/h8-11H,4-7,14H2,1-3H3,(H,15,16)/t8-,9+,10-,11+/m0/s1. The maximum atomic E-state index is 12.1. The minimum atomic E-state index is 0.0844. The van der Waals surface area contributed by atoms with Crippen molar-refractivity contribution in [3.05, 3.63) is 0 Å². The van der Waals surface area contributed by atoms with Crippen LogP contribution in [0, 0.1) is 23.2 Å². The molecule has 0 saturated heterocycles. The number of nitrogens with two attached hydrogens (primary N) is 1. The van der Waals surface area contributed by atoms with Gasteiger partial charge in [-0.05, 0) is 36.5 Å². The molecule has 3 nitrogen and oxygen atoms in total. The zero-order valence-electron chi connectivity index (χ0n) is 10.6.